The van der Waals surface area contributed by atoms with Crippen LogP contribution in [-0.2, 0) is 4.79 Å². The zero-order valence-electron chi connectivity index (χ0n) is 13.5. The third-order valence-corrected chi connectivity index (χ3v) is 3.79. The van der Waals surface area contributed by atoms with Crippen LogP contribution < -0.4 is 16.3 Å². The SMILES string of the molecule is C/C=c1/c(O)c(C(CC(C)=O)c2ccccc2)c(=O)o/c1=C/C. The molecule has 0 saturated carbocycles. The first-order valence-corrected chi connectivity index (χ1v) is 7.52. The first kappa shape index (κ1) is 16.7. The topological polar surface area (TPSA) is 67.5 Å². The van der Waals surface area contributed by atoms with Gasteiger partial charge in [0, 0.05) is 12.3 Å². The van der Waals surface area contributed by atoms with E-state index in [0.717, 1.165) is 5.56 Å². The van der Waals surface area contributed by atoms with Gasteiger partial charge in [-0.2, -0.15) is 0 Å². The van der Waals surface area contributed by atoms with Gasteiger partial charge >= 0.3 is 5.63 Å². The van der Waals surface area contributed by atoms with E-state index in [1.54, 1.807) is 26.0 Å². The normalized spacial score (nSPS) is 14.0. The van der Waals surface area contributed by atoms with Gasteiger partial charge in [-0.3, -0.25) is 4.79 Å². The minimum absolute atomic E-state index is 0.0641. The molecule has 4 heteroatoms. The van der Waals surface area contributed by atoms with Gasteiger partial charge in [-0.1, -0.05) is 36.4 Å². The molecule has 1 atom stereocenters. The number of rotatable bonds is 4. The van der Waals surface area contributed by atoms with Crippen molar-refractivity contribution in [2.24, 2.45) is 0 Å². The highest BCUT2D eigenvalue weighted by molar-refractivity contribution is 5.77. The fourth-order valence-electron chi connectivity index (χ4n) is 2.73. The molecule has 4 nitrogen and oxygen atoms in total. The smallest absolute Gasteiger partial charge is 0.343 e. The Balaban J connectivity index is 2.80. The molecule has 2 aromatic rings. The second-order valence-corrected chi connectivity index (χ2v) is 5.38. The molecule has 0 amide bonds. The van der Waals surface area contributed by atoms with Crippen LogP contribution in [0.25, 0.3) is 12.2 Å². The molecule has 0 aliphatic carbocycles. The second-order valence-electron chi connectivity index (χ2n) is 5.38. The summed E-state index contributed by atoms with van der Waals surface area (Å²) in [5.41, 5.74) is 0.635. The minimum atomic E-state index is -0.615. The number of aromatic hydroxyl groups is 1. The highest BCUT2D eigenvalue weighted by Gasteiger charge is 2.24. The highest BCUT2D eigenvalue weighted by atomic mass is 16.4. The maximum Gasteiger partial charge on any atom is 0.343 e. The average molecular weight is 312 g/mol. The predicted octanol–water partition coefficient (Wildman–Crippen LogP) is 2.06. The zero-order valence-corrected chi connectivity index (χ0v) is 13.5. The Bertz CT molecular complexity index is 876. The molecule has 1 N–H and O–H groups in total. The lowest BCUT2D eigenvalue weighted by molar-refractivity contribution is -0.117. The van der Waals surface area contributed by atoms with E-state index in [1.165, 1.54) is 6.92 Å². The van der Waals surface area contributed by atoms with Gasteiger partial charge in [0.15, 0.2) is 0 Å². The van der Waals surface area contributed by atoms with Crippen molar-refractivity contribution < 1.29 is 14.3 Å². The van der Waals surface area contributed by atoms with Crippen molar-refractivity contribution in [3.8, 4) is 5.75 Å². The van der Waals surface area contributed by atoms with Crippen LogP contribution in [0.3, 0.4) is 0 Å². The third-order valence-electron chi connectivity index (χ3n) is 3.79. The van der Waals surface area contributed by atoms with Crippen LogP contribution in [0.4, 0.5) is 0 Å². The van der Waals surface area contributed by atoms with Gasteiger partial charge in [-0.25, -0.2) is 4.79 Å². The Labute approximate surface area is 134 Å². The van der Waals surface area contributed by atoms with Crippen LogP contribution >= 0.6 is 0 Å². The molecule has 1 aromatic heterocycles. The van der Waals surface area contributed by atoms with Gasteiger partial charge in [0.25, 0.3) is 0 Å². The van der Waals surface area contributed by atoms with E-state index in [-0.39, 0.29) is 23.5 Å². The first-order chi connectivity index (χ1) is 11.0. The van der Waals surface area contributed by atoms with Crippen molar-refractivity contribution in [2.75, 3.05) is 0 Å². The largest absolute Gasteiger partial charge is 0.507 e. The summed E-state index contributed by atoms with van der Waals surface area (Å²) in [4.78, 5) is 24.1. The van der Waals surface area contributed by atoms with Crippen molar-refractivity contribution in [1.29, 1.82) is 0 Å². The lowest BCUT2D eigenvalue weighted by Crippen LogP contribution is -2.32. The van der Waals surface area contributed by atoms with Crippen molar-refractivity contribution in [3.63, 3.8) is 0 Å². The fourth-order valence-corrected chi connectivity index (χ4v) is 2.73. The van der Waals surface area contributed by atoms with Crippen LogP contribution in [0.15, 0.2) is 39.5 Å². The van der Waals surface area contributed by atoms with Crippen molar-refractivity contribution in [3.05, 3.63) is 62.5 Å². The number of hydrogen-bond acceptors (Lipinski definition) is 4. The van der Waals surface area contributed by atoms with Gasteiger partial charge in [0.05, 0.1) is 10.8 Å². The number of hydrogen-bond donors (Lipinski definition) is 1. The maximum atomic E-state index is 12.4. The molecule has 120 valence electrons. The summed E-state index contributed by atoms with van der Waals surface area (Å²) in [6.07, 6.45) is 3.44. The van der Waals surface area contributed by atoms with Gasteiger partial charge in [-0.15, -0.1) is 0 Å². The summed E-state index contributed by atoms with van der Waals surface area (Å²) in [5.74, 6) is -0.715. The fraction of sp³-hybridized carbons (Fsp3) is 0.263. The number of Topliss-reactive ketones (excluding diaryl/α,β-unsaturated/α-hetero) is 1. The average Bonchev–Trinajstić information content (AvgIpc) is 2.53. The quantitative estimate of drug-likeness (QED) is 0.938. The number of carbonyl (C=O) groups is 1. The molecule has 0 aliphatic rings. The monoisotopic (exact) mass is 312 g/mol. The third kappa shape index (κ3) is 3.42. The molecule has 0 radical (unpaired) electrons. The van der Waals surface area contributed by atoms with E-state index in [0.29, 0.717) is 10.6 Å². The van der Waals surface area contributed by atoms with Crippen LogP contribution in [0.2, 0.25) is 0 Å². The molecule has 0 spiro atoms. The van der Waals surface area contributed by atoms with Crippen LogP contribution in [0, 0.1) is 0 Å². The minimum Gasteiger partial charge on any atom is -0.507 e. The molecule has 1 heterocycles. The summed E-state index contributed by atoms with van der Waals surface area (Å²) in [7, 11) is 0. The van der Waals surface area contributed by atoms with Crippen LogP contribution in [0.5, 0.6) is 5.75 Å². The molecular formula is C19H20O4. The Kier molecular flexibility index (Phi) is 5.16. The number of carbonyl (C=O) groups excluding carboxylic acids is 1. The summed E-state index contributed by atoms with van der Waals surface area (Å²) >= 11 is 0. The molecule has 23 heavy (non-hydrogen) atoms. The van der Waals surface area contributed by atoms with Crippen molar-refractivity contribution in [2.45, 2.75) is 33.1 Å². The van der Waals surface area contributed by atoms with Gasteiger partial charge in [0.2, 0.25) is 0 Å². The standard InChI is InChI=1S/C19H20O4/c1-4-14-16(5-2)23-19(22)17(18(14)21)15(11-12(3)20)13-9-7-6-8-10-13/h4-10,15,21H,11H2,1-3H3/b14-4+,16-5+. The van der Waals surface area contributed by atoms with E-state index in [1.807, 2.05) is 30.3 Å². The molecule has 0 aliphatic heterocycles. The van der Waals surface area contributed by atoms with Crippen molar-refractivity contribution in [1.82, 2.24) is 0 Å². The van der Waals surface area contributed by atoms with Gasteiger partial charge in [-0.05, 0) is 32.4 Å². The zero-order chi connectivity index (χ0) is 17.0. The Hall–Kier alpha value is -2.62. The Morgan fingerprint density at radius 2 is 1.87 bits per heavy atom. The molecule has 1 aromatic carbocycles. The molecule has 2 rings (SSSR count). The van der Waals surface area contributed by atoms with E-state index in [2.05, 4.69) is 0 Å². The Morgan fingerprint density at radius 1 is 1.22 bits per heavy atom. The van der Waals surface area contributed by atoms with E-state index in [4.69, 9.17) is 4.42 Å². The summed E-state index contributed by atoms with van der Waals surface area (Å²) in [5, 5.41) is 11.1. The Morgan fingerprint density at radius 3 is 2.39 bits per heavy atom. The second kappa shape index (κ2) is 7.09. The van der Waals surface area contributed by atoms with Crippen LogP contribution in [-0.4, -0.2) is 10.9 Å². The highest BCUT2D eigenvalue weighted by Crippen LogP contribution is 2.29. The van der Waals surface area contributed by atoms with Gasteiger partial charge < -0.3 is 9.52 Å². The number of benzene rings is 1. The first-order valence-electron chi connectivity index (χ1n) is 7.52. The summed E-state index contributed by atoms with van der Waals surface area (Å²) in [6, 6.07) is 9.20. The molecule has 0 fully saturated rings. The van der Waals surface area contributed by atoms with Crippen molar-refractivity contribution >= 4 is 17.9 Å². The summed E-state index contributed by atoms with van der Waals surface area (Å²) in [6.45, 7) is 4.96. The van der Waals surface area contributed by atoms with E-state index >= 15 is 0 Å². The van der Waals surface area contributed by atoms with Gasteiger partial charge in [0.1, 0.15) is 16.9 Å². The predicted molar refractivity (Wildman–Crippen MR) is 89.8 cm³/mol. The van der Waals surface area contributed by atoms with E-state index in [9.17, 15) is 14.7 Å². The summed E-state index contributed by atoms with van der Waals surface area (Å²) < 4.78 is 5.33. The lowest BCUT2D eigenvalue weighted by atomic mass is 9.87. The lowest BCUT2D eigenvalue weighted by Gasteiger charge is -2.16. The molecule has 0 bridgehead atoms. The number of ketones is 1. The molecule has 1 unspecified atom stereocenters. The molecular weight excluding hydrogens is 292 g/mol. The van der Waals surface area contributed by atoms with E-state index < -0.39 is 11.5 Å². The maximum absolute atomic E-state index is 12.4. The van der Waals surface area contributed by atoms with Crippen LogP contribution in [0.1, 0.15) is 44.2 Å². The molecule has 0 saturated heterocycles.